The number of nitrogens with two attached hydrogens (primary N) is 1. The van der Waals surface area contributed by atoms with E-state index in [0.29, 0.717) is 59.5 Å². The van der Waals surface area contributed by atoms with Crippen molar-refractivity contribution < 1.29 is 23.8 Å². The molecule has 12 nitrogen and oxygen atoms in total. The first-order valence-electron chi connectivity index (χ1n) is 13.1. The first kappa shape index (κ1) is 28.3. The zero-order chi connectivity index (χ0) is 28.4. The molecule has 0 unspecified atom stereocenters. The lowest BCUT2D eigenvalue weighted by Crippen LogP contribution is -2.45. The van der Waals surface area contributed by atoms with Gasteiger partial charge in [-0.3, -0.25) is 4.79 Å². The quantitative estimate of drug-likeness (QED) is 0.389. The number of ether oxygens (including phenoxy) is 3. The molecule has 14 heteroatoms. The van der Waals surface area contributed by atoms with Crippen molar-refractivity contribution in [3.63, 3.8) is 0 Å². The van der Waals surface area contributed by atoms with Crippen molar-refractivity contribution in [2.45, 2.75) is 62.2 Å². The fourth-order valence-corrected chi connectivity index (χ4v) is 5.94. The Morgan fingerprint density at radius 1 is 1.20 bits per heavy atom. The van der Waals surface area contributed by atoms with Gasteiger partial charge in [0.1, 0.15) is 12.1 Å². The number of carbonyl (C=O) groups excluding carboxylic acids is 2. The minimum atomic E-state index is -0.603. The Hall–Kier alpha value is -3.26. The van der Waals surface area contributed by atoms with E-state index in [1.165, 1.54) is 11.8 Å². The Morgan fingerprint density at radius 3 is 2.65 bits per heavy atom. The van der Waals surface area contributed by atoms with Crippen LogP contribution in [0.15, 0.2) is 33.0 Å². The fraction of sp³-hybridized carbons (Fsp3) is 0.500. The third-order valence-corrected chi connectivity index (χ3v) is 8.47. The zero-order valence-corrected chi connectivity index (χ0v) is 25.0. The normalized spacial score (nSPS) is 15.4. The van der Waals surface area contributed by atoms with Gasteiger partial charge in [-0.1, -0.05) is 0 Å². The number of nitrogens with zero attached hydrogens (tertiary/aromatic N) is 5. The van der Waals surface area contributed by atoms with E-state index in [9.17, 15) is 9.59 Å². The van der Waals surface area contributed by atoms with E-state index < -0.39 is 11.7 Å². The summed E-state index contributed by atoms with van der Waals surface area (Å²) in [5, 5.41) is 3.11. The summed E-state index contributed by atoms with van der Waals surface area (Å²) in [4.78, 5) is 40.8. The first-order chi connectivity index (χ1) is 19.1. The van der Waals surface area contributed by atoms with Gasteiger partial charge >= 0.3 is 6.09 Å². The molecule has 1 aromatic rings. The summed E-state index contributed by atoms with van der Waals surface area (Å²) >= 11 is 4.99. The van der Waals surface area contributed by atoms with Crippen LogP contribution in [-0.4, -0.2) is 68.4 Å². The summed E-state index contributed by atoms with van der Waals surface area (Å²) < 4.78 is 19.0. The number of nitrogens with one attached hydrogen (secondary N) is 1. The van der Waals surface area contributed by atoms with Crippen molar-refractivity contribution >= 4 is 45.5 Å². The van der Waals surface area contributed by atoms with Crippen molar-refractivity contribution in [2.75, 3.05) is 32.2 Å². The predicted molar refractivity (Wildman–Crippen MR) is 151 cm³/mol. The third-order valence-electron chi connectivity index (χ3n) is 6.63. The van der Waals surface area contributed by atoms with Gasteiger partial charge in [-0.2, -0.15) is 0 Å². The number of benzene rings is 1. The molecule has 1 aromatic carbocycles. The average Bonchev–Trinajstić information content (AvgIpc) is 3.54. The lowest BCUT2D eigenvalue weighted by atomic mass is 9.93. The predicted octanol–water partition coefficient (Wildman–Crippen LogP) is 4.16. The average molecular weight is 635 g/mol. The summed E-state index contributed by atoms with van der Waals surface area (Å²) in [6.07, 6.45) is 3.80. The molecule has 40 heavy (non-hydrogen) atoms. The highest BCUT2D eigenvalue weighted by atomic mass is 79.9. The monoisotopic (exact) mass is 633 g/mol. The highest BCUT2D eigenvalue weighted by Gasteiger charge is 2.26. The van der Waals surface area contributed by atoms with Crippen LogP contribution in [0.2, 0.25) is 0 Å². The molecule has 5 rings (SSSR count). The third kappa shape index (κ3) is 6.72. The number of alkyl carbamates (subject to hydrolysis) is 1. The summed E-state index contributed by atoms with van der Waals surface area (Å²) in [6, 6.07) is 3.78. The van der Waals surface area contributed by atoms with E-state index in [2.05, 4.69) is 31.2 Å². The SMILES string of the molecule is CC(C)(C)OC(=O)NCC(=O)N1CCC(CCn2cnc(N)c3nc(Sc4cc5c(cc4Br)OCO5)nc2-3)CC1. The van der Waals surface area contributed by atoms with Crippen LogP contribution in [0, 0.1) is 5.92 Å². The van der Waals surface area contributed by atoms with Crippen LogP contribution >= 0.6 is 27.7 Å². The zero-order valence-electron chi connectivity index (χ0n) is 22.6. The number of aryl methyl sites for hydroxylation is 1. The molecule has 0 aliphatic carbocycles. The number of likely N-dealkylation sites (tertiary alicyclic amines) is 1. The molecule has 2 amide bonds. The lowest BCUT2D eigenvalue weighted by Gasteiger charge is -2.32. The van der Waals surface area contributed by atoms with Crippen LogP contribution in [0.5, 0.6) is 11.5 Å². The van der Waals surface area contributed by atoms with Crippen molar-refractivity contribution in [2.24, 2.45) is 5.92 Å². The molecule has 0 atom stereocenters. The van der Waals surface area contributed by atoms with Crippen molar-refractivity contribution in [1.82, 2.24) is 29.7 Å². The van der Waals surface area contributed by atoms with Crippen LogP contribution in [0.3, 0.4) is 0 Å². The highest BCUT2D eigenvalue weighted by Crippen LogP contribution is 2.43. The first-order valence-corrected chi connectivity index (χ1v) is 14.7. The van der Waals surface area contributed by atoms with Gasteiger partial charge in [-0.05, 0) is 85.8 Å². The van der Waals surface area contributed by atoms with Crippen molar-refractivity contribution in [3.05, 3.63) is 22.9 Å². The van der Waals surface area contributed by atoms with Crippen LogP contribution in [0.1, 0.15) is 40.0 Å². The molecule has 1 fully saturated rings. The molecule has 4 heterocycles. The van der Waals surface area contributed by atoms with Crippen LogP contribution < -0.4 is 20.5 Å². The minimum Gasteiger partial charge on any atom is -0.454 e. The van der Waals surface area contributed by atoms with E-state index in [1.807, 2.05) is 16.7 Å². The van der Waals surface area contributed by atoms with E-state index in [1.54, 1.807) is 32.0 Å². The number of halogens is 1. The Balaban J connectivity index is 1.15. The van der Waals surface area contributed by atoms with Crippen LogP contribution in [-0.2, 0) is 16.1 Å². The topological polar surface area (TPSA) is 147 Å². The van der Waals surface area contributed by atoms with Gasteiger partial charge in [-0.15, -0.1) is 0 Å². The number of hydrogen-bond acceptors (Lipinski definition) is 10. The molecule has 0 aromatic heterocycles. The molecule has 214 valence electrons. The van der Waals surface area contributed by atoms with E-state index in [4.69, 9.17) is 24.9 Å². The molecular weight excluding hydrogens is 602 g/mol. The number of fused-ring (bicyclic) bond motifs is 2. The van der Waals surface area contributed by atoms with Gasteiger partial charge in [0.05, 0.1) is 6.33 Å². The number of piperidine rings is 1. The van der Waals surface area contributed by atoms with Crippen molar-refractivity contribution in [3.8, 4) is 23.0 Å². The Labute approximate surface area is 244 Å². The number of hydrogen-bond donors (Lipinski definition) is 2. The smallest absolute Gasteiger partial charge is 0.408 e. The molecule has 4 aliphatic heterocycles. The lowest BCUT2D eigenvalue weighted by molar-refractivity contribution is -0.131. The maximum atomic E-state index is 12.5. The molecule has 0 saturated carbocycles. The summed E-state index contributed by atoms with van der Waals surface area (Å²) in [6.45, 7) is 7.50. The number of nitrogen functional groups attached to an aromatic ring is 1. The fourth-order valence-electron chi connectivity index (χ4n) is 4.58. The van der Waals surface area contributed by atoms with E-state index in [-0.39, 0.29) is 19.2 Å². The maximum absolute atomic E-state index is 12.5. The summed E-state index contributed by atoms with van der Waals surface area (Å²) in [5.74, 6) is 2.75. The van der Waals surface area contributed by atoms with Gasteiger partial charge in [0, 0.05) is 29.0 Å². The molecule has 0 radical (unpaired) electrons. The number of aromatic nitrogens is 4. The molecular formula is C26H32BrN7O5S. The van der Waals surface area contributed by atoms with Gasteiger partial charge in [0.15, 0.2) is 34.0 Å². The van der Waals surface area contributed by atoms with Crippen LogP contribution in [0.25, 0.3) is 11.5 Å². The maximum Gasteiger partial charge on any atom is 0.408 e. The second-order valence-corrected chi connectivity index (χ2v) is 12.6. The van der Waals surface area contributed by atoms with Gasteiger partial charge < -0.3 is 34.7 Å². The Morgan fingerprint density at radius 2 is 1.93 bits per heavy atom. The standard InChI is InChI=1S/C26H32BrN7O5S/c1-26(2,3)39-25(36)29-12-20(35)33-7-4-15(5-8-33)6-9-34-13-30-22(28)21-23(34)32-24(31-21)40-19-11-18-17(10-16(19)27)37-14-38-18/h10-11,13,15H,4-9,12,14,28H2,1-3H3,(H,29,36). The van der Waals surface area contributed by atoms with Gasteiger partial charge in [0.2, 0.25) is 12.7 Å². The van der Waals surface area contributed by atoms with Gasteiger partial charge in [-0.25, -0.2) is 19.7 Å². The second-order valence-electron chi connectivity index (χ2n) is 10.7. The van der Waals surface area contributed by atoms with Gasteiger partial charge in [0.25, 0.3) is 0 Å². The summed E-state index contributed by atoms with van der Waals surface area (Å²) in [7, 11) is 0. The van der Waals surface area contributed by atoms with Crippen LogP contribution in [0.4, 0.5) is 10.6 Å². The largest absolute Gasteiger partial charge is 0.454 e. The summed E-state index contributed by atoms with van der Waals surface area (Å²) in [5.41, 5.74) is 6.10. The number of carbonyl (C=O) groups is 2. The minimum absolute atomic E-state index is 0.0661. The highest BCUT2D eigenvalue weighted by molar-refractivity contribution is 9.10. The van der Waals surface area contributed by atoms with E-state index in [0.717, 1.165) is 28.6 Å². The van der Waals surface area contributed by atoms with E-state index >= 15 is 0 Å². The molecule has 3 N–H and O–H groups in total. The molecule has 4 aliphatic rings. The number of amides is 2. The Kier molecular flexibility index (Phi) is 8.26. The molecule has 0 bridgehead atoms. The number of imidazole rings is 1. The van der Waals surface area contributed by atoms with Crippen molar-refractivity contribution in [1.29, 1.82) is 0 Å². The second kappa shape index (κ2) is 11.7. The number of rotatable bonds is 7. The number of anilines is 1. The Bertz CT molecular complexity index is 1370. The molecule has 0 spiro atoms. The molecule has 1 saturated heterocycles.